The molecule has 1 N–H and O–H groups in total. The number of hydrogen-bond donors (Lipinski definition) is 1. The Kier molecular flexibility index (Phi) is 5.87. The summed E-state index contributed by atoms with van der Waals surface area (Å²) < 4.78 is 35.4. The molecule has 1 amide bonds. The average molecular weight is 407 g/mol. The lowest BCUT2D eigenvalue weighted by Crippen LogP contribution is -2.51. The Balaban J connectivity index is 1.83. The number of ether oxygens (including phenoxy) is 1. The topological polar surface area (TPSA) is 93.5 Å². The van der Waals surface area contributed by atoms with E-state index < -0.39 is 15.6 Å². The van der Waals surface area contributed by atoms with Gasteiger partial charge in [-0.25, -0.2) is 13.1 Å². The number of rotatable bonds is 7. The van der Waals surface area contributed by atoms with Crippen LogP contribution in [0.5, 0.6) is 0 Å². The minimum Gasteiger partial charge on any atom is -0.385 e. The van der Waals surface area contributed by atoms with Gasteiger partial charge in [0.05, 0.1) is 16.1 Å². The predicted molar refractivity (Wildman–Crippen MR) is 104 cm³/mol. The molecule has 0 saturated carbocycles. The summed E-state index contributed by atoms with van der Waals surface area (Å²) in [6, 6.07) is 10.00. The van der Waals surface area contributed by atoms with Crippen LogP contribution >= 0.6 is 0 Å². The molecule has 0 spiro atoms. The molecule has 8 nitrogen and oxygen atoms in total. The summed E-state index contributed by atoms with van der Waals surface area (Å²) in [7, 11) is -0.404. The van der Waals surface area contributed by atoms with Crippen molar-refractivity contribution >= 4 is 15.9 Å². The zero-order valence-electron chi connectivity index (χ0n) is 16.4. The maximum Gasteiger partial charge on any atom is 0.272 e. The van der Waals surface area contributed by atoms with E-state index in [1.54, 1.807) is 60.1 Å². The summed E-state index contributed by atoms with van der Waals surface area (Å²) in [5.74, 6) is -0.152. The Labute approximate surface area is 165 Å². The van der Waals surface area contributed by atoms with Crippen molar-refractivity contribution in [2.24, 2.45) is 7.05 Å². The van der Waals surface area contributed by atoms with E-state index in [-0.39, 0.29) is 17.3 Å². The Morgan fingerprint density at radius 3 is 2.64 bits per heavy atom. The molecule has 0 bridgehead atoms. The smallest absolute Gasteiger partial charge is 0.272 e. The number of hydrogen-bond acceptors (Lipinski definition) is 5. The van der Waals surface area contributed by atoms with Crippen LogP contribution in [0.3, 0.4) is 0 Å². The van der Waals surface area contributed by atoms with E-state index in [0.717, 1.165) is 5.69 Å². The van der Waals surface area contributed by atoms with Crippen molar-refractivity contribution in [3.05, 3.63) is 47.8 Å². The third-order valence-electron chi connectivity index (χ3n) is 5.05. The summed E-state index contributed by atoms with van der Waals surface area (Å²) in [4.78, 5) is 14.8. The summed E-state index contributed by atoms with van der Waals surface area (Å²) in [5.41, 5.74) is 0.486. The van der Waals surface area contributed by atoms with Gasteiger partial charge in [-0.05, 0) is 38.0 Å². The van der Waals surface area contributed by atoms with E-state index in [1.807, 2.05) is 6.92 Å². The van der Waals surface area contributed by atoms with Gasteiger partial charge in [-0.3, -0.25) is 9.48 Å². The van der Waals surface area contributed by atoms with Crippen LogP contribution in [0.2, 0.25) is 0 Å². The van der Waals surface area contributed by atoms with Gasteiger partial charge in [0.1, 0.15) is 5.69 Å². The number of likely N-dealkylation sites (tertiary alicyclic amines) is 1. The molecule has 1 unspecified atom stereocenters. The van der Waals surface area contributed by atoms with Crippen LogP contribution in [0.4, 0.5) is 0 Å². The van der Waals surface area contributed by atoms with Crippen LogP contribution in [-0.2, 0) is 21.8 Å². The molecule has 1 aliphatic rings. The molecule has 1 fully saturated rings. The summed E-state index contributed by atoms with van der Waals surface area (Å²) in [6.07, 6.45) is 0.995. The van der Waals surface area contributed by atoms with Crippen LogP contribution in [-0.4, -0.2) is 61.4 Å². The SMILES string of the molecule is COCCC1(NS(=O)(=O)c2ccccc2)CCN(C(=O)c2cc(C)nn2C)C1. The molecule has 1 atom stereocenters. The third-order valence-corrected chi connectivity index (χ3v) is 6.65. The summed E-state index contributed by atoms with van der Waals surface area (Å²) in [5, 5.41) is 4.23. The average Bonchev–Trinajstić information content (AvgIpc) is 3.23. The first-order valence-corrected chi connectivity index (χ1v) is 10.6. The van der Waals surface area contributed by atoms with Crippen molar-refractivity contribution in [3.63, 3.8) is 0 Å². The molecule has 1 aromatic heterocycles. The molecule has 0 aliphatic carbocycles. The van der Waals surface area contributed by atoms with Crippen molar-refractivity contribution in [2.45, 2.75) is 30.2 Å². The number of carbonyl (C=O) groups excluding carboxylic acids is 1. The van der Waals surface area contributed by atoms with Crippen LogP contribution in [0, 0.1) is 6.92 Å². The summed E-state index contributed by atoms with van der Waals surface area (Å²) >= 11 is 0. The maximum atomic E-state index is 12.9. The van der Waals surface area contributed by atoms with Gasteiger partial charge < -0.3 is 9.64 Å². The number of nitrogens with zero attached hydrogens (tertiary/aromatic N) is 3. The van der Waals surface area contributed by atoms with E-state index >= 15 is 0 Å². The van der Waals surface area contributed by atoms with E-state index in [0.29, 0.717) is 31.7 Å². The largest absolute Gasteiger partial charge is 0.385 e. The summed E-state index contributed by atoms with van der Waals surface area (Å²) in [6.45, 7) is 2.97. The minimum absolute atomic E-state index is 0.152. The fraction of sp³-hybridized carbons (Fsp3) is 0.474. The highest BCUT2D eigenvalue weighted by Gasteiger charge is 2.43. The maximum absolute atomic E-state index is 12.9. The van der Waals surface area contributed by atoms with Crippen molar-refractivity contribution < 1.29 is 17.9 Å². The van der Waals surface area contributed by atoms with E-state index in [4.69, 9.17) is 4.74 Å². The number of carbonyl (C=O) groups is 1. The number of amides is 1. The lowest BCUT2D eigenvalue weighted by molar-refractivity contribution is 0.0764. The third kappa shape index (κ3) is 4.26. The Morgan fingerprint density at radius 1 is 1.32 bits per heavy atom. The molecule has 28 heavy (non-hydrogen) atoms. The zero-order chi connectivity index (χ0) is 20.4. The first kappa shape index (κ1) is 20.5. The molecular formula is C19H26N4O4S. The molecule has 1 aliphatic heterocycles. The fourth-order valence-electron chi connectivity index (χ4n) is 3.60. The van der Waals surface area contributed by atoms with Crippen LogP contribution in [0.25, 0.3) is 0 Å². The van der Waals surface area contributed by atoms with Crippen LogP contribution < -0.4 is 4.72 Å². The van der Waals surface area contributed by atoms with Crippen LogP contribution in [0.1, 0.15) is 29.0 Å². The zero-order valence-corrected chi connectivity index (χ0v) is 17.2. The lowest BCUT2D eigenvalue weighted by atomic mass is 9.96. The van der Waals surface area contributed by atoms with Gasteiger partial charge in [0.25, 0.3) is 5.91 Å². The Bertz CT molecular complexity index is 942. The normalized spacial score (nSPS) is 19.9. The molecule has 152 valence electrons. The number of aryl methyl sites for hydroxylation is 2. The highest BCUT2D eigenvalue weighted by molar-refractivity contribution is 7.89. The first-order chi connectivity index (χ1) is 13.3. The number of nitrogens with one attached hydrogen (secondary N) is 1. The molecule has 2 heterocycles. The number of sulfonamides is 1. The number of aromatic nitrogens is 2. The van der Waals surface area contributed by atoms with E-state index in [2.05, 4.69) is 9.82 Å². The lowest BCUT2D eigenvalue weighted by Gasteiger charge is -2.30. The van der Waals surface area contributed by atoms with Crippen molar-refractivity contribution in [1.29, 1.82) is 0 Å². The Hall–Kier alpha value is -2.23. The molecule has 1 saturated heterocycles. The fourth-order valence-corrected chi connectivity index (χ4v) is 5.07. The molecular weight excluding hydrogens is 380 g/mol. The van der Waals surface area contributed by atoms with Crippen LogP contribution in [0.15, 0.2) is 41.3 Å². The van der Waals surface area contributed by atoms with Gasteiger partial charge >= 0.3 is 0 Å². The second-order valence-electron chi connectivity index (χ2n) is 7.21. The van der Waals surface area contributed by atoms with Gasteiger partial charge in [0.2, 0.25) is 10.0 Å². The molecule has 1 aromatic carbocycles. The molecule has 0 radical (unpaired) electrons. The minimum atomic E-state index is -3.71. The first-order valence-electron chi connectivity index (χ1n) is 9.14. The van der Waals surface area contributed by atoms with Gasteiger partial charge in [-0.1, -0.05) is 18.2 Å². The number of benzene rings is 1. The second-order valence-corrected chi connectivity index (χ2v) is 8.90. The van der Waals surface area contributed by atoms with Crippen molar-refractivity contribution in [3.8, 4) is 0 Å². The molecule has 2 aromatic rings. The molecule has 9 heteroatoms. The van der Waals surface area contributed by atoms with Crippen molar-refractivity contribution in [1.82, 2.24) is 19.4 Å². The van der Waals surface area contributed by atoms with E-state index in [9.17, 15) is 13.2 Å². The predicted octanol–water partition coefficient (Wildman–Crippen LogP) is 1.33. The highest BCUT2D eigenvalue weighted by Crippen LogP contribution is 2.28. The quantitative estimate of drug-likeness (QED) is 0.749. The number of methoxy groups -OCH3 is 1. The molecule has 3 rings (SSSR count). The van der Waals surface area contributed by atoms with E-state index in [1.165, 1.54) is 0 Å². The highest BCUT2D eigenvalue weighted by atomic mass is 32.2. The van der Waals surface area contributed by atoms with Crippen molar-refractivity contribution in [2.75, 3.05) is 26.8 Å². The monoisotopic (exact) mass is 406 g/mol. The van der Waals surface area contributed by atoms with Gasteiger partial charge in [0.15, 0.2) is 0 Å². The van der Waals surface area contributed by atoms with Gasteiger partial charge in [0, 0.05) is 33.9 Å². The van der Waals surface area contributed by atoms with Gasteiger partial charge in [-0.2, -0.15) is 5.10 Å². The second kappa shape index (κ2) is 8.02. The van der Waals surface area contributed by atoms with Gasteiger partial charge in [-0.15, -0.1) is 0 Å². The Morgan fingerprint density at radius 2 is 2.04 bits per heavy atom. The standard InChI is InChI=1S/C19H26N4O4S/c1-15-13-17(22(2)20-15)18(24)23-11-9-19(14-23,10-12-27-3)21-28(25,26)16-7-5-4-6-8-16/h4-8,13,21H,9-12,14H2,1-3H3.